The molecule has 142 valence electrons. The van der Waals surface area contributed by atoms with Crippen LogP contribution >= 0.6 is 11.6 Å². The first kappa shape index (κ1) is 18.6. The van der Waals surface area contributed by atoms with E-state index < -0.39 is 0 Å². The van der Waals surface area contributed by atoms with E-state index in [0.29, 0.717) is 6.54 Å². The zero-order chi connectivity index (χ0) is 18.9. The van der Waals surface area contributed by atoms with E-state index in [4.69, 9.17) is 16.6 Å². The summed E-state index contributed by atoms with van der Waals surface area (Å²) in [7, 11) is 0. The maximum atomic E-state index is 6.16. The molecule has 2 nitrogen and oxygen atoms in total. The number of halogens is 1. The average Bonchev–Trinajstić information content (AvgIpc) is 2.67. The van der Waals surface area contributed by atoms with Crippen molar-refractivity contribution >= 4 is 23.1 Å². The highest BCUT2D eigenvalue weighted by molar-refractivity contribution is 6.30. The summed E-state index contributed by atoms with van der Waals surface area (Å²) < 4.78 is 0. The SMILES string of the molecule is CC(C)C1CCC2(CC1)Cc1ccccc1NC2=NCc1cccc(Cl)c1. The summed E-state index contributed by atoms with van der Waals surface area (Å²) in [4.78, 5) is 5.09. The Morgan fingerprint density at radius 3 is 2.63 bits per heavy atom. The number of nitrogens with one attached hydrogen (secondary N) is 1. The number of hydrogen-bond acceptors (Lipinski definition) is 1. The molecule has 0 bridgehead atoms. The van der Waals surface area contributed by atoms with E-state index in [-0.39, 0.29) is 5.41 Å². The molecule has 0 atom stereocenters. The van der Waals surface area contributed by atoms with Gasteiger partial charge in [-0.3, -0.25) is 4.99 Å². The van der Waals surface area contributed by atoms with Crippen molar-refractivity contribution in [1.82, 2.24) is 0 Å². The van der Waals surface area contributed by atoms with Crippen molar-refractivity contribution < 1.29 is 0 Å². The fraction of sp³-hybridized carbons (Fsp3) is 0.458. The first-order valence-corrected chi connectivity index (χ1v) is 10.6. The van der Waals surface area contributed by atoms with Gasteiger partial charge in [-0.15, -0.1) is 0 Å². The minimum atomic E-state index is 0.165. The van der Waals surface area contributed by atoms with Crippen molar-refractivity contribution in [2.24, 2.45) is 22.2 Å². The van der Waals surface area contributed by atoms with E-state index in [1.807, 2.05) is 18.2 Å². The van der Waals surface area contributed by atoms with Gasteiger partial charge in [0.1, 0.15) is 5.84 Å². The normalized spacial score (nSPS) is 26.2. The van der Waals surface area contributed by atoms with Crippen LogP contribution in [-0.2, 0) is 13.0 Å². The summed E-state index contributed by atoms with van der Waals surface area (Å²) in [5.41, 5.74) is 3.99. The lowest BCUT2D eigenvalue weighted by Crippen LogP contribution is -2.45. The summed E-state index contributed by atoms with van der Waals surface area (Å²) in [6.07, 6.45) is 6.17. The van der Waals surface area contributed by atoms with Crippen LogP contribution in [0, 0.1) is 17.3 Å². The Morgan fingerprint density at radius 1 is 1.11 bits per heavy atom. The number of aliphatic imine (C=N–C) groups is 1. The van der Waals surface area contributed by atoms with Crippen LogP contribution in [-0.4, -0.2) is 5.84 Å². The lowest BCUT2D eigenvalue weighted by Gasteiger charge is -2.45. The Labute approximate surface area is 168 Å². The third-order valence-corrected chi connectivity index (χ3v) is 6.78. The van der Waals surface area contributed by atoms with Gasteiger partial charge in [-0.05, 0) is 73.3 Å². The Kier molecular flexibility index (Phi) is 5.27. The molecule has 1 N–H and O–H groups in total. The highest BCUT2D eigenvalue weighted by Crippen LogP contribution is 2.47. The van der Waals surface area contributed by atoms with E-state index in [9.17, 15) is 0 Å². The van der Waals surface area contributed by atoms with Gasteiger partial charge >= 0.3 is 0 Å². The molecular formula is C24H29ClN2. The molecule has 2 aromatic carbocycles. The van der Waals surface area contributed by atoms with Crippen LogP contribution in [0.2, 0.25) is 5.02 Å². The zero-order valence-corrected chi connectivity index (χ0v) is 17.1. The van der Waals surface area contributed by atoms with E-state index in [1.54, 1.807) is 0 Å². The Balaban J connectivity index is 1.63. The number of rotatable bonds is 3. The zero-order valence-electron chi connectivity index (χ0n) is 16.3. The number of amidine groups is 1. The van der Waals surface area contributed by atoms with Gasteiger partial charge in [-0.2, -0.15) is 0 Å². The number of anilines is 1. The predicted octanol–water partition coefficient (Wildman–Crippen LogP) is 6.74. The molecule has 0 saturated heterocycles. The van der Waals surface area contributed by atoms with Crippen LogP contribution in [0.4, 0.5) is 5.69 Å². The first-order chi connectivity index (χ1) is 13.1. The van der Waals surface area contributed by atoms with Crippen LogP contribution in [0.25, 0.3) is 0 Å². The highest BCUT2D eigenvalue weighted by atomic mass is 35.5. The van der Waals surface area contributed by atoms with Crippen molar-refractivity contribution in [1.29, 1.82) is 0 Å². The summed E-state index contributed by atoms with van der Waals surface area (Å²) in [5.74, 6) is 2.81. The molecular weight excluding hydrogens is 352 g/mol. The van der Waals surface area contributed by atoms with Crippen molar-refractivity contribution in [3.63, 3.8) is 0 Å². The second-order valence-corrected chi connectivity index (χ2v) is 9.05. The Bertz CT molecular complexity index is 832. The van der Waals surface area contributed by atoms with Crippen molar-refractivity contribution in [2.45, 2.75) is 52.5 Å². The first-order valence-electron chi connectivity index (χ1n) is 10.2. The fourth-order valence-electron chi connectivity index (χ4n) is 4.79. The molecule has 0 unspecified atom stereocenters. The van der Waals surface area contributed by atoms with Gasteiger partial charge in [0.2, 0.25) is 0 Å². The summed E-state index contributed by atoms with van der Waals surface area (Å²) in [6, 6.07) is 16.8. The summed E-state index contributed by atoms with van der Waals surface area (Å²) >= 11 is 6.16. The maximum Gasteiger partial charge on any atom is 0.108 e. The van der Waals surface area contributed by atoms with Gasteiger partial charge < -0.3 is 5.32 Å². The fourth-order valence-corrected chi connectivity index (χ4v) is 5.00. The number of hydrogen-bond donors (Lipinski definition) is 1. The predicted molar refractivity (Wildman–Crippen MR) is 116 cm³/mol. The smallest absolute Gasteiger partial charge is 0.108 e. The lowest BCUT2D eigenvalue weighted by atomic mass is 9.63. The largest absolute Gasteiger partial charge is 0.343 e. The molecule has 1 aliphatic carbocycles. The van der Waals surface area contributed by atoms with Crippen LogP contribution < -0.4 is 5.32 Å². The highest BCUT2D eigenvalue weighted by Gasteiger charge is 2.43. The molecule has 1 heterocycles. The quantitative estimate of drug-likeness (QED) is 0.626. The van der Waals surface area contributed by atoms with Gasteiger partial charge in [-0.1, -0.05) is 55.8 Å². The van der Waals surface area contributed by atoms with Gasteiger partial charge in [-0.25, -0.2) is 0 Å². The van der Waals surface area contributed by atoms with Crippen LogP contribution in [0.5, 0.6) is 0 Å². The van der Waals surface area contributed by atoms with Crippen molar-refractivity contribution in [3.8, 4) is 0 Å². The Hall–Kier alpha value is -1.80. The third-order valence-electron chi connectivity index (χ3n) is 6.54. The standard InChI is InChI=1S/C24H29ClN2/c1-17(2)19-10-12-24(13-11-19)15-20-7-3-4-9-22(20)27-23(24)26-16-18-6-5-8-21(25)14-18/h3-9,14,17,19H,10-13,15-16H2,1-2H3,(H,26,27). The average molecular weight is 381 g/mol. The molecule has 1 saturated carbocycles. The minimum absolute atomic E-state index is 0.165. The number of nitrogens with zero attached hydrogens (tertiary/aromatic N) is 1. The molecule has 1 aliphatic heterocycles. The number of para-hydroxylation sites is 1. The monoisotopic (exact) mass is 380 g/mol. The molecule has 27 heavy (non-hydrogen) atoms. The molecule has 2 aliphatic rings. The van der Waals surface area contributed by atoms with Crippen molar-refractivity contribution in [2.75, 3.05) is 5.32 Å². The van der Waals surface area contributed by atoms with Gasteiger partial charge in [0.25, 0.3) is 0 Å². The second-order valence-electron chi connectivity index (χ2n) is 8.62. The van der Waals surface area contributed by atoms with Crippen LogP contribution in [0.1, 0.15) is 50.7 Å². The third kappa shape index (κ3) is 3.91. The molecule has 1 fully saturated rings. The molecule has 4 rings (SSSR count). The maximum absolute atomic E-state index is 6.16. The van der Waals surface area contributed by atoms with E-state index >= 15 is 0 Å². The minimum Gasteiger partial charge on any atom is -0.343 e. The number of benzene rings is 2. The van der Waals surface area contributed by atoms with Crippen LogP contribution in [0.3, 0.4) is 0 Å². The molecule has 3 heteroatoms. The summed E-state index contributed by atoms with van der Waals surface area (Å²) in [5, 5.41) is 4.48. The van der Waals surface area contributed by atoms with Gasteiger partial charge in [0, 0.05) is 16.1 Å². The molecule has 0 radical (unpaired) electrons. The second kappa shape index (κ2) is 7.67. The number of fused-ring (bicyclic) bond motifs is 1. The topological polar surface area (TPSA) is 24.4 Å². The Morgan fingerprint density at radius 2 is 1.89 bits per heavy atom. The lowest BCUT2D eigenvalue weighted by molar-refractivity contribution is 0.182. The van der Waals surface area contributed by atoms with E-state index in [1.165, 1.54) is 48.3 Å². The van der Waals surface area contributed by atoms with Crippen molar-refractivity contribution in [3.05, 3.63) is 64.7 Å². The van der Waals surface area contributed by atoms with Crippen LogP contribution in [0.15, 0.2) is 53.5 Å². The summed E-state index contributed by atoms with van der Waals surface area (Å²) in [6.45, 7) is 5.41. The molecule has 0 amide bonds. The van der Waals surface area contributed by atoms with Gasteiger partial charge in [0.05, 0.1) is 6.54 Å². The van der Waals surface area contributed by atoms with E-state index in [0.717, 1.165) is 23.3 Å². The molecule has 1 spiro atoms. The van der Waals surface area contributed by atoms with E-state index in [2.05, 4.69) is 49.5 Å². The molecule has 2 aromatic rings. The van der Waals surface area contributed by atoms with Gasteiger partial charge in [0.15, 0.2) is 0 Å². The molecule has 0 aromatic heterocycles.